The SMILES string of the molecule is COc1cnc(-c2ccccc2-c2csc(NC3CC3)n2)cn1. The molecule has 1 aliphatic rings. The Bertz CT molecular complexity index is 811. The second-order valence-electron chi connectivity index (χ2n) is 5.45. The number of aromatic nitrogens is 3. The van der Waals surface area contributed by atoms with Crippen LogP contribution in [0, 0.1) is 0 Å². The van der Waals surface area contributed by atoms with Crippen LogP contribution in [0.5, 0.6) is 5.88 Å². The number of nitrogens with one attached hydrogen (secondary N) is 1. The molecule has 116 valence electrons. The summed E-state index contributed by atoms with van der Waals surface area (Å²) in [7, 11) is 1.58. The zero-order valence-corrected chi connectivity index (χ0v) is 13.5. The van der Waals surface area contributed by atoms with Gasteiger partial charge in [0.15, 0.2) is 5.13 Å². The van der Waals surface area contributed by atoms with Crippen LogP contribution in [0.1, 0.15) is 12.8 Å². The van der Waals surface area contributed by atoms with E-state index in [-0.39, 0.29) is 0 Å². The van der Waals surface area contributed by atoms with E-state index in [1.54, 1.807) is 30.8 Å². The van der Waals surface area contributed by atoms with Crippen LogP contribution < -0.4 is 10.1 Å². The number of nitrogens with zero attached hydrogens (tertiary/aromatic N) is 3. The molecule has 0 unspecified atom stereocenters. The molecule has 0 amide bonds. The van der Waals surface area contributed by atoms with Crippen molar-refractivity contribution in [1.82, 2.24) is 15.0 Å². The van der Waals surface area contributed by atoms with Crippen molar-refractivity contribution in [3.63, 3.8) is 0 Å². The lowest BCUT2D eigenvalue weighted by atomic mass is 10.0. The van der Waals surface area contributed by atoms with E-state index in [0.29, 0.717) is 11.9 Å². The number of hydrogen-bond donors (Lipinski definition) is 1. The van der Waals surface area contributed by atoms with Crippen molar-refractivity contribution >= 4 is 16.5 Å². The molecule has 5 nitrogen and oxygen atoms in total. The highest BCUT2D eigenvalue weighted by atomic mass is 32.1. The summed E-state index contributed by atoms with van der Waals surface area (Å²) in [5.74, 6) is 0.510. The molecule has 4 rings (SSSR count). The van der Waals surface area contributed by atoms with E-state index in [9.17, 15) is 0 Å². The molecule has 3 aromatic rings. The first-order valence-electron chi connectivity index (χ1n) is 7.51. The van der Waals surface area contributed by atoms with Crippen LogP contribution in [0.15, 0.2) is 42.0 Å². The summed E-state index contributed by atoms with van der Waals surface area (Å²) >= 11 is 1.64. The van der Waals surface area contributed by atoms with E-state index in [0.717, 1.165) is 27.6 Å². The Balaban J connectivity index is 1.69. The van der Waals surface area contributed by atoms with Crippen LogP contribution >= 0.6 is 11.3 Å². The first-order valence-corrected chi connectivity index (χ1v) is 8.39. The predicted octanol–water partition coefficient (Wildman–Crippen LogP) is 3.85. The van der Waals surface area contributed by atoms with Crippen molar-refractivity contribution in [1.29, 1.82) is 0 Å². The normalized spacial score (nSPS) is 13.8. The van der Waals surface area contributed by atoms with Crippen LogP contribution in [-0.2, 0) is 0 Å². The molecule has 1 saturated carbocycles. The maximum atomic E-state index is 5.07. The van der Waals surface area contributed by atoms with Crippen LogP contribution in [0.25, 0.3) is 22.5 Å². The molecule has 6 heteroatoms. The Morgan fingerprint density at radius 2 is 1.87 bits per heavy atom. The Morgan fingerprint density at radius 3 is 2.52 bits per heavy atom. The molecular weight excluding hydrogens is 308 g/mol. The minimum Gasteiger partial charge on any atom is -0.480 e. The molecule has 2 heterocycles. The number of ether oxygens (including phenoxy) is 1. The maximum absolute atomic E-state index is 5.07. The quantitative estimate of drug-likeness (QED) is 0.772. The highest BCUT2D eigenvalue weighted by Crippen LogP contribution is 2.34. The van der Waals surface area contributed by atoms with Gasteiger partial charge in [-0.3, -0.25) is 0 Å². The molecule has 1 fully saturated rings. The smallest absolute Gasteiger partial charge is 0.232 e. The third-order valence-electron chi connectivity index (χ3n) is 3.73. The fourth-order valence-electron chi connectivity index (χ4n) is 2.36. The summed E-state index contributed by atoms with van der Waals surface area (Å²) in [5.41, 5.74) is 3.86. The molecule has 1 aromatic carbocycles. The third kappa shape index (κ3) is 3.03. The largest absolute Gasteiger partial charge is 0.480 e. The van der Waals surface area contributed by atoms with Gasteiger partial charge in [0, 0.05) is 22.5 Å². The van der Waals surface area contributed by atoms with Gasteiger partial charge in [-0.15, -0.1) is 11.3 Å². The second kappa shape index (κ2) is 5.96. The van der Waals surface area contributed by atoms with E-state index in [2.05, 4.69) is 26.7 Å². The number of anilines is 1. The molecule has 0 bridgehead atoms. The Kier molecular flexibility index (Phi) is 3.67. The lowest BCUT2D eigenvalue weighted by Gasteiger charge is -2.07. The minimum atomic E-state index is 0.510. The molecular formula is C17H16N4OS. The minimum absolute atomic E-state index is 0.510. The van der Waals surface area contributed by atoms with Crippen LogP contribution in [0.4, 0.5) is 5.13 Å². The molecule has 0 aliphatic heterocycles. The summed E-state index contributed by atoms with van der Waals surface area (Å²) < 4.78 is 5.07. The average Bonchev–Trinajstić information content (AvgIpc) is 3.30. The summed E-state index contributed by atoms with van der Waals surface area (Å²) in [5, 5.41) is 6.51. The zero-order chi connectivity index (χ0) is 15.6. The van der Waals surface area contributed by atoms with Crippen LogP contribution in [-0.4, -0.2) is 28.1 Å². The predicted molar refractivity (Wildman–Crippen MR) is 91.8 cm³/mol. The van der Waals surface area contributed by atoms with Gasteiger partial charge in [-0.2, -0.15) is 0 Å². The number of rotatable bonds is 5. The third-order valence-corrected chi connectivity index (χ3v) is 4.50. The summed E-state index contributed by atoms with van der Waals surface area (Å²) in [6.45, 7) is 0. The van der Waals surface area contributed by atoms with E-state index in [4.69, 9.17) is 9.72 Å². The second-order valence-corrected chi connectivity index (χ2v) is 6.30. The van der Waals surface area contributed by atoms with Crippen molar-refractivity contribution < 1.29 is 4.74 Å². The van der Waals surface area contributed by atoms with Gasteiger partial charge in [0.25, 0.3) is 0 Å². The van der Waals surface area contributed by atoms with Gasteiger partial charge in [-0.25, -0.2) is 15.0 Å². The Hall–Kier alpha value is -2.47. The number of hydrogen-bond acceptors (Lipinski definition) is 6. The topological polar surface area (TPSA) is 59.9 Å². The van der Waals surface area contributed by atoms with Gasteiger partial charge in [0.2, 0.25) is 5.88 Å². The van der Waals surface area contributed by atoms with E-state index in [1.807, 2.05) is 18.2 Å². The van der Waals surface area contributed by atoms with Gasteiger partial charge >= 0.3 is 0 Å². The molecule has 0 radical (unpaired) electrons. The molecule has 23 heavy (non-hydrogen) atoms. The zero-order valence-electron chi connectivity index (χ0n) is 12.7. The standard InChI is InChI=1S/C17H16N4OS/c1-22-16-9-18-14(8-19-16)12-4-2-3-5-13(12)15-10-23-17(21-15)20-11-6-7-11/h2-5,8-11H,6-7H2,1H3,(H,20,21). The summed E-state index contributed by atoms with van der Waals surface area (Å²) in [4.78, 5) is 13.4. The van der Waals surface area contributed by atoms with Crippen molar-refractivity contribution in [2.24, 2.45) is 0 Å². The number of methoxy groups -OCH3 is 1. The molecule has 0 saturated heterocycles. The van der Waals surface area contributed by atoms with Gasteiger partial charge in [0.1, 0.15) is 0 Å². The fraction of sp³-hybridized carbons (Fsp3) is 0.235. The van der Waals surface area contributed by atoms with Gasteiger partial charge in [-0.1, -0.05) is 24.3 Å². The van der Waals surface area contributed by atoms with Crippen LogP contribution in [0.2, 0.25) is 0 Å². The van der Waals surface area contributed by atoms with Gasteiger partial charge in [-0.05, 0) is 12.8 Å². The van der Waals surface area contributed by atoms with E-state index >= 15 is 0 Å². The molecule has 1 N–H and O–H groups in total. The summed E-state index contributed by atoms with van der Waals surface area (Å²) in [6.07, 6.45) is 5.85. The highest BCUT2D eigenvalue weighted by Gasteiger charge is 2.22. The van der Waals surface area contributed by atoms with Gasteiger partial charge < -0.3 is 10.1 Å². The lowest BCUT2D eigenvalue weighted by molar-refractivity contribution is 0.396. The lowest BCUT2D eigenvalue weighted by Crippen LogP contribution is -1.99. The van der Waals surface area contributed by atoms with E-state index in [1.165, 1.54) is 12.8 Å². The molecule has 2 aromatic heterocycles. The molecule has 0 spiro atoms. The van der Waals surface area contributed by atoms with Gasteiger partial charge in [0.05, 0.1) is 30.9 Å². The number of benzene rings is 1. The average molecular weight is 324 g/mol. The van der Waals surface area contributed by atoms with Crippen molar-refractivity contribution in [2.45, 2.75) is 18.9 Å². The van der Waals surface area contributed by atoms with Crippen molar-refractivity contribution in [3.05, 3.63) is 42.0 Å². The van der Waals surface area contributed by atoms with Crippen molar-refractivity contribution in [3.8, 4) is 28.4 Å². The molecule has 0 atom stereocenters. The van der Waals surface area contributed by atoms with Crippen LogP contribution in [0.3, 0.4) is 0 Å². The Morgan fingerprint density at radius 1 is 1.09 bits per heavy atom. The maximum Gasteiger partial charge on any atom is 0.232 e. The number of thiazole rings is 1. The Labute approximate surface area is 138 Å². The molecule has 1 aliphatic carbocycles. The summed E-state index contributed by atoms with van der Waals surface area (Å²) in [6, 6.07) is 8.73. The monoisotopic (exact) mass is 324 g/mol. The first-order chi connectivity index (χ1) is 11.3. The fourth-order valence-corrected chi connectivity index (χ4v) is 3.15. The first kappa shape index (κ1) is 14.1. The van der Waals surface area contributed by atoms with E-state index < -0.39 is 0 Å². The van der Waals surface area contributed by atoms with Crippen molar-refractivity contribution in [2.75, 3.05) is 12.4 Å². The highest BCUT2D eigenvalue weighted by molar-refractivity contribution is 7.14.